The van der Waals surface area contributed by atoms with E-state index in [4.69, 9.17) is 10.6 Å². The summed E-state index contributed by atoms with van der Waals surface area (Å²) in [5.41, 5.74) is 0. The van der Waals surface area contributed by atoms with Crippen molar-refractivity contribution < 1.29 is 4.74 Å². The highest BCUT2D eigenvalue weighted by atomic mass is 32.2. The van der Waals surface area contributed by atoms with E-state index < -0.39 is 0 Å². The number of nitrogens with zero attached hydrogens (tertiary/aromatic N) is 1. The second-order valence-electron chi connectivity index (χ2n) is 3.01. The zero-order valence-electron chi connectivity index (χ0n) is 8.00. The Kier molecular flexibility index (Phi) is 6.57. The van der Waals surface area contributed by atoms with Gasteiger partial charge in [0.2, 0.25) is 0 Å². The van der Waals surface area contributed by atoms with E-state index in [1.54, 1.807) is 0 Å². The van der Waals surface area contributed by atoms with Crippen LogP contribution in [0, 0.1) is 0 Å². The summed E-state index contributed by atoms with van der Waals surface area (Å²) in [5, 5.41) is 5.03. The lowest BCUT2D eigenvalue weighted by Gasteiger charge is -2.19. The molecule has 2 aliphatic heterocycles. The van der Waals surface area contributed by atoms with Gasteiger partial charge in [-0.15, -0.1) is 0 Å². The van der Waals surface area contributed by atoms with Gasteiger partial charge in [-0.05, 0) is 0 Å². The summed E-state index contributed by atoms with van der Waals surface area (Å²) in [6.07, 6.45) is 0. The van der Waals surface area contributed by atoms with Crippen LogP contribution >= 0.6 is 11.8 Å². The molecule has 2 aliphatic rings. The van der Waals surface area contributed by atoms with Crippen LogP contribution in [0.2, 0.25) is 0 Å². The van der Waals surface area contributed by atoms with E-state index in [1.165, 1.54) is 11.5 Å². The minimum atomic E-state index is 0.889. The number of thioether (sulfide) groups is 1. The first-order valence-electron chi connectivity index (χ1n) is 4.75. The van der Waals surface area contributed by atoms with E-state index in [0.717, 1.165) is 39.4 Å². The minimum absolute atomic E-state index is 0.889. The zero-order chi connectivity index (χ0) is 9.36. The number of nitrogens with two attached hydrogens (primary N) is 1. The molecule has 2 saturated heterocycles. The molecule has 0 amide bonds. The topological polar surface area (TPSA) is 50.5 Å². The Balaban J connectivity index is 0.000000132. The SMILES string of the molecule is C1COCCN1.NN1CCSCC1. The van der Waals surface area contributed by atoms with Crippen LogP contribution in [0.1, 0.15) is 0 Å². The van der Waals surface area contributed by atoms with Crippen LogP contribution in [0.5, 0.6) is 0 Å². The van der Waals surface area contributed by atoms with Gasteiger partial charge in [-0.1, -0.05) is 0 Å². The first-order valence-corrected chi connectivity index (χ1v) is 5.91. The van der Waals surface area contributed by atoms with Gasteiger partial charge in [-0.25, -0.2) is 5.01 Å². The fourth-order valence-corrected chi connectivity index (χ4v) is 2.02. The molecule has 2 rings (SSSR count). The molecule has 0 aromatic rings. The van der Waals surface area contributed by atoms with Gasteiger partial charge in [-0.2, -0.15) is 11.8 Å². The van der Waals surface area contributed by atoms with Crippen molar-refractivity contribution in [3.05, 3.63) is 0 Å². The van der Waals surface area contributed by atoms with Crippen LogP contribution in [-0.2, 0) is 4.74 Å². The third-order valence-corrected chi connectivity index (χ3v) is 2.83. The number of hydrogen-bond acceptors (Lipinski definition) is 5. The van der Waals surface area contributed by atoms with Crippen molar-refractivity contribution >= 4 is 11.8 Å². The number of ether oxygens (including phenoxy) is 1. The molecule has 5 heteroatoms. The van der Waals surface area contributed by atoms with E-state index in [-0.39, 0.29) is 0 Å². The first-order chi connectivity index (χ1) is 6.39. The maximum absolute atomic E-state index is 5.45. The Morgan fingerprint density at radius 1 is 1.15 bits per heavy atom. The predicted molar refractivity (Wildman–Crippen MR) is 56.8 cm³/mol. The molecule has 2 fully saturated rings. The van der Waals surface area contributed by atoms with E-state index in [0.29, 0.717) is 0 Å². The molecular weight excluding hydrogens is 186 g/mol. The number of nitrogens with one attached hydrogen (secondary N) is 1. The Morgan fingerprint density at radius 3 is 2.00 bits per heavy atom. The van der Waals surface area contributed by atoms with Crippen LogP contribution in [0.15, 0.2) is 0 Å². The number of hydrogen-bond donors (Lipinski definition) is 2. The summed E-state index contributed by atoms with van der Waals surface area (Å²) in [6.45, 7) is 5.95. The molecule has 0 saturated carbocycles. The fourth-order valence-electron chi connectivity index (χ4n) is 1.09. The molecule has 0 aromatic heterocycles. The maximum atomic E-state index is 5.45. The summed E-state index contributed by atoms with van der Waals surface area (Å²) in [5.74, 6) is 7.86. The normalized spacial score (nSPS) is 24.7. The van der Waals surface area contributed by atoms with Crippen molar-refractivity contribution in [2.75, 3.05) is 50.9 Å². The lowest BCUT2D eigenvalue weighted by atomic mass is 10.5. The van der Waals surface area contributed by atoms with E-state index >= 15 is 0 Å². The highest BCUT2D eigenvalue weighted by molar-refractivity contribution is 7.99. The monoisotopic (exact) mass is 205 g/mol. The Morgan fingerprint density at radius 2 is 1.77 bits per heavy atom. The van der Waals surface area contributed by atoms with Gasteiger partial charge in [0.05, 0.1) is 13.2 Å². The minimum Gasteiger partial charge on any atom is -0.379 e. The van der Waals surface area contributed by atoms with Crippen LogP contribution < -0.4 is 11.2 Å². The first kappa shape index (κ1) is 11.3. The van der Waals surface area contributed by atoms with Crippen molar-refractivity contribution in [1.82, 2.24) is 10.3 Å². The van der Waals surface area contributed by atoms with Gasteiger partial charge in [0.15, 0.2) is 0 Å². The average molecular weight is 205 g/mol. The smallest absolute Gasteiger partial charge is 0.0591 e. The second-order valence-corrected chi connectivity index (χ2v) is 4.24. The molecule has 0 atom stereocenters. The van der Waals surface area contributed by atoms with Gasteiger partial charge in [-0.3, -0.25) is 5.84 Å². The zero-order valence-corrected chi connectivity index (χ0v) is 8.81. The highest BCUT2D eigenvalue weighted by Crippen LogP contribution is 2.04. The molecule has 2 heterocycles. The standard InChI is InChI=1S/C4H10N2S.C4H9NO/c5-6-1-3-7-4-2-6;1-3-6-4-2-5-1/h1-5H2;5H,1-4H2. The molecule has 0 bridgehead atoms. The fraction of sp³-hybridized carbons (Fsp3) is 1.00. The summed E-state index contributed by atoms with van der Waals surface area (Å²) < 4.78 is 5.01. The second kappa shape index (κ2) is 7.58. The molecule has 4 nitrogen and oxygen atoms in total. The van der Waals surface area contributed by atoms with Crippen molar-refractivity contribution in [1.29, 1.82) is 0 Å². The molecule has 0 radical (unpaired) electrons. The molecule has 0 aromatic carbocycles. The lowest BCUT2D eigenvalue weighted by molar-refractivity contribution is 0.109. The molecular formula is C8H19N3OS. The summed E-state index contributed by atoms with van der Waals surface area (Å²) in [4.78, 5) is 0. The third kappa shape index (κ3) is 6.29. The molecule has 13 heavy (non-hydrogen) atoms. The van der Waals surface area contributed by atoms with Gasteiger partial charge in [0.25, 0.3) is 0 Å². The van der Waals surface area contributed by atoms with Crippen LogP contribution in [0.4, 0.5) is 0 Å². The Bertz CT molecular complexity index is 104. The predicted octanol–water partition coefficient (Wildman–Crippen LogP) is -0.485. The molecule has 78 valence electrons. The Labute approximate surface area is 84.1 Å². The van der Waals surface area contributed by atoms with E-state index in [1.807, 2.05) is 16.8 Å². The quantitative estimate of drug-likeness (QED) is 0.523. The van der Waals surface area contributed by atoms with Crippen molar-refractivity contribution in [3.63, 3.8) is 0 Å². The van der Waals surface area contributed by atoms with Crippen LogP contribution in [-0.4, -0.2) is 55.9 Å². The number of rotatable bonds is 0. The Hall–Kier alpha value is 0.190. The molecule has 0 unspecified atom stereocenters. The summed E-state index contributed by atoms with van der Waals surface area (Å²) in [6, 6.07) is 0. The van der Waals surface area contributed by atoms with Crippen LogP contribution in [0.25, 0.3) is 0 Å². The molecule has 0 aliphatic carbocycles. The van der Waals surface area contributed by atoms with Gasteiger partial charge in [0, 0.05) is 37.7 Å². The average Bonchev–Trinajstić information content (AvgIpc) is 2.22. The van der Waals surface area contributed by atoms with Gasteiger partial charge in [0.1, 0.15) is 0 Å². The van der Waals surface area contributed by atoms with Crippen molar-refractivity contribution in [2.24, 2.45) is 5.84 Å². The molecule has 0 spiro atoms. The maximum Gasteiger partial charge on any atom is 0.0591 e. The largest absolute Gasteiger partial charge is 0.379 e. The summed E-state index contributed by atoms with van der Waals surface area (Å²) >= 11 is 1.98. The number of morpholine rings is 1. The van der Waals surface area contributed by atoms with Gasteiger partial charge >= 0.3 is 0 Å². The van der Waals surface area contributed by atoms with Crippen molar-refractivity contribution in [3.8, 4) is 0 Å². The summed E-state index contributed by atoms with van der Waals surface area (Å²) in [7, 11) is 0. The molecule has 3 N–H and O–H groups in total. The van der Waals surface area contributed by atoms with Crippen LogP contribution in [0.3, 0.4) is 0 Å². The number of hydrazine groups is 1. The highest BCUT2D eigenvalue weighted by Gasteiger charge is 2.03. The lowest BCUT2D eigenvalue weighted by Crippen LogP contribution is -2.38. The third-order valence-electron chi connectivity index (χ3n) is 1.89. The van der Waals surface area contributed by atoms with E-state index in [9.17, 15) is 0 Å². The van der Waals surface area contributed by atoms with Crippen molar-refractivity contribution in [2.45, 2.75) is 0 Å². The van der Waals surface area contributed by atoms with E-state index in [2.05, 4.69) is 5.32 Å². The van der Waals surface area contributed by atoms with Gasteiger partial charge < -0.3 is 10.1 Å².